The maximum Gasteiger partial charge on any atom is 0.237 e. The summed E-state index contributed by atoms with van der Waals surface area (Å²) in [6.07, 6.45) is 2.64. The maximum absolute atomic E-state index is 13.3. The van der Waals surface area contributed by atoms with Gasteiger partial charge in [0.05, 0.1) is 36.8 Å². The molecular weight excluding hydrogens is 500 g/mol. The molecule has 0 radical (unpaired) electrons. The maximum atomic E-state index is 13.3. The number of carbonyl (C=O) groups is 3. The fourth-order valence-corrected chi connectivity index (χ4v) is 4.71. The van der Waals surface area contributed by atoms with Gasteiger partial charge in [-0.3, -0.25) is 14.4 Å². The van der Waals surface area contributed by atoms with E-state index in [0.717, 1.165) is 22.7 Å². The van der Waals surface area contributed by atoms with Crippen LogP contribution in [-0.2, 0) is 20.9 Å². The molecule has 3 rings (SSSR count). The van der Waals surface area contributed by atoms with Crippen molar-refractivity contribution < 1.29 is 19.1 Å². The molecule has 0 heterocycles. The Labute approximate surface area is 228 Å². The summed E-state index contributed by atoms with van der Waals surface area (Å²) in [4.78, 5) is 41.5. The lowest BCUT2D eigenvalue weighted by atomic mass is 10.0. The third kappa shape index (κ3) is 6.85. The van der Waals surface area contributed by atoms with E-state index in [-0.39, 0.29) is 42.7 Å². The standard InChI is InChI=1S/C29H36N4O4S/c1-20(31-29(36)21(2)30-3)16-33(28(35)18-38-5)26-13-9-8-12-25(26)32(19-34)17-24-23-11-7-6-10-22(23)14-15-27(24)37-4/h6-15,19-21,30H,16-18H2,1-5H3,(H,31,36)/t20?,21-/m0/s1. The summed E-state index contributed by atoms with van der Waals surface area (Å²) in [5.41, 5.74) is 2.06. The zero-order valence-corrected chi connectivity index (χ0v) is 23.4. The number of amides is 3. The van der Waals surface area contributed by atoms with Gasteiger partial charge in [-0.05, 0) is 56.1 Å². The first-order valence-corrected chi connectivity index (χ1v) is 13.9. The fraction of sp³-hybridized carbons (Fsp3) is 0.345. The van der Waals surface area contributed by atoms with E-state index in [1.165, 1.54) is 11.8 Å². The molecular formula is C29H36N4O4S. The van der Waals surface area contributed by atoms with Crippen LogP contribution in [0.25, 0.3) is 10.8 Å². The Balaban J connectivity index is 2.00. The number of carbonyl (C=O) groups excluding carboxylic acids is 3. The Morgan fingerprint density at radius 1 is 1.03 bits per heavy atom. The zero-order chi connectivity index (χ0) is 27.7. The van der Waals surface area contributed by atoms with Gasteiger partial charge in [0.1, 0.15) is 5.75 Å². The molecule has 8 nitrogen and oxygen atoms in total. The number of anilines is 2. The van der Waals surface area contributed by atoms with Crippen molar-refractivity contribution in [2.75, 3.05) is 42.5 Å². The highest BCUT2D eigenvalue weighted by Crippen LogP contribution is 2.34. The summed E-state index contributed by atoms with van der Waals surface area (Å²) in [7, 11) is 3.33. The molecule has 0 saturated heterocycles. The Kier molecular flexibility index (Phi) is 10.6. The molecule has 9 heteroatoms. The first kappa shape index (κ1) is 29.0. The zero-order valence-electron chi connectivity index (χ0n) is 22.6. The molecule has 1 unspecified atom stereocenters. The highest BCUT2D eigenvalue weighted by molar-refractivity contribution is 7.99. The predicted molar refractivity (Wildman–Crippen MR) is 156 cm³/mol. The van der Waals surface area contributed by atoms with Crippen molar-refractivity contribution in [1.29, 1.82) is 0 Å². The van der Waals surface area contributed by atoms with Crippen molar-refractivity contribution in [3.63, 3.8) is 0 Å². The van der Waals surface area contributed by atoms with Gasteiger partial charge >= 0.3 is 0 Å². The van der Waals surface area contributed by atoms with Crippen LogP contribution in [0.3, 0.4) is 0 Å². The quantitative estimate of drug-likeness (QED) is 0.323. The molecule has 0 aliphatic heterocycles. The van der Waals surface area contributed by atoms with Gasteiger partial charge < -0.3 is 25.2 Å². The van der Waals surface area contributed by atoms with E-state index in [0.29, 0.717) is 17.1 Å². The Bertz CT molecular complexity index is 1270. The van der Waals surface area contributed by atoms with E-state index in [1.54, 1.807) is 30.9 Å². The number of likely N-dealkylation sites (N-methyl/N-ethyl adjacent to an activating group) is 1. The van der Waals surface area contributed by atoms with Crippen LogP contribution < -0.4 is 25.2 Å². The van der Waals surface area contributed by atoms with Gasteiger partial charge in [-0.1, -0.05) is 42.5 Å². The van der Waals surface area contributed by atoms with Crippen LogP contribution in [0.1, 0.15) is 19.4 Å². The van der Waals surface area contributed by atoms with Gasteiger partial charge in [-0.25, -0.2) is 0 Å². The molecule has 3 aromatic rings. The summed E-state index contributed by atoms with van der Waals surface area (Å²) in [5.74, 6) is 0.683. The number of nitrogens with one attached hydrogen (secondary N) is 2. The largest absolute Gasteiger partial charge is 0.496 e. The normalized spacial score (nSPS) is 12.4. The highest BCUT2D eigenvalue weighted by atomic mass is 32.2. The number of methoxy groups -OCH3 is 1. The fourth-order valence-electron chi connectivity index (χ4n) is 4.31. The third-order valence-corrected chi connectivity index (χ3v) is 6.93. The molecule has 0 aliphatic carbocycles. The molecule has 0 aliphatic rings. The summed E-state index contributed by atoms with van der Waals surface area (Å²) in [6, 6.07) is 18.5. The number of fused-ring (bicyclic) bond motifs is 1. The van der Waals surface area contributed by atoms with E-state index in [2.05, 4.69) is 10.6 Å². The Morgan fingerprint density at radius 3 is 2.37 bits per heavy atom. The lowest BCUT2D eigenvalue weighted by Crippen LogP contribution is -2.49. The number of nitrogens with zero attached hydrogens (tertiary/aromatic N) is 2. The smallest absolute Gasteiger partial charge is 0.237 e. The van der Waals surface area contributed by atoms with Crippen molar-refractivity contribution in [1.82, 2.24) is 10.6 Å². The molecule has 0 spiro atoms. The predicted octanol–water partition coefficient (Wildman–Crippen LogP) is 3.82. The van der Waals surface area contributed by atoms with Crippen molar-refractivity contribution in [2.24, 2.45) is 0 Å². The minimum Gasteiger partial charge on any atom is -0.496 e. The monoisotopic (exact) mass is 536 g/mol. The molecule has 3 amide bonds. The minimum absolute atomic E-state index is 0.110. The van der Waals surface area contributed by atoms with Gasteiger partial charge in [-0.15, -0.1) is 0 Å². The number of benzene rings is 3. The second-order valence-electron chi connectivity index (χ2n) is 9.05. The van der Waals surface area contributed by atoms with Gasteiger partial charge in [0.15, 0.2) is 0 Å². The molecule has 2 N–H and O–H groups in total. The van der Waals surface area contributed by atoms with E-state index in [9.17, 15) is 14.4 Å². The summed E-state index contributed by atoms with van der Waals surface area (Å²) < 4.78 is 5.65. The van der Waals surface area contributed by atoms with Crippen LogP contribution in [0.5, 0.6) is 5.75 Å². The van der Waals surface area contributed by atoms with Crippen LogP contribution in [-0.4, -0.2) is 63.0 Å². The number of hydrogen-bond donors (Lipinski definition) is 2. The van der Waals surface area contributed by atoms with Crippen molar-refractivity contribution >= 4 is 52.1 Å². The average molecular weight is 537 g/mol. The summed E-state index contributed by atoms with van der Waals surface area (Å²) in [6.45, 7) is 4.14. The van der Waals surface area contributed by atoms with Gasteiger partial charge in [0, 0.05) is 18.2 Å². The Hall–Kier alpha value is -3.56. The summed E-state index contributed by atoms with van der Waals surface area (Å²) >= 11 is 1.42. The van der Waals surface area contributed by atoms with Crippen molar-refractivity contribution in [3.8, 4) is 5.75 Å². The van der Waals surface area contributed by atoms with Gasteiger partial charge in [0.25, 0.3) is 0 Å². The van der Waals surface area contributed by atoms with Crippen molar-refractivity contribution in [3.05, 3.63) is 66.2 Å². The minimum atomic E-state index is -0.360. The second-order valence-corrected chi connectivity index (χ2v) is 9.91. The van der Waals surface area contributed by atoms with Gasteiger partial charge in [0.2, 0.25) is 18.2 Å². The molecule has 0 saturated carbocycles. The third-order valence-electron chi connectivity index (χ3n) is 6.40. The summed E-state index contributed by atoms with van der Waals surface area (Å²) in [5, 5.41) is 7.92. The van der Waals surface area contributed by atoms with Gasteiger partial charge in [-0.2, -0.15) is 11.8 Å². The van der Waals surface area contributed by atoms with E-state index in [1.807, 2.05) is 73.8 Å². The van der Waals surface area contributed by atoms with Crippen LogP contribution in [0.4, 0.5) is 11.4 Å². The number of thioether (sulfide) groups is 1. The lowest BCUT2D eigenvalue weighted by molar-refractivity contribution is -0.123. The number of ether oxygens (including phenoxy) is 1. The van der Waals surface area contributed by atoms with Crippen LogP contribution >= 0.6 is 11.8 Å². The van der Waals surface area contributed by atoms with Crippen LogP contribution in [0, 0.1) is 0 Å². The molecule has 3 aromatic carbocycles. The Morgan fingerprint density at radius 2 is 1.71 bits per heavy atom. The van der Waals surface area contributed by atoms with Crippen molar-refractivity contribution in [2.45, 2.75) is 32.5 Å². The number of rotatable bonds is 13. The molecule has 0 fully saturated rings. The van der Waals surface area contributed by atoms with E-state index >= 15 is 0 Å². The number of hydrogen-bond acceptors (Lipinski definition) is 6. The van der Waals surface area contributed by atoms with Crippen LogP contribution in [0.15, 0.2) is 60.7 Å². The van der Waals surface area contributed by atoms with Crippen LogP contribution in [0.2, 0.25) is 0 Å². The highest BCUT2D eigenvalue weighted by Gasteiger charge is 2.25. The second kappa shape index (κ2) is 13.8. The molecule has 0 bridgehead atoms. The number of para-hydroxylation sites is 2. The lowest BCUT2D eigenvalue weighted by Gasteiger charge is -2.31. The average Bonchev–Trinajstić information content (AvgIpc) is 2.94. The van der Waals surface area contributed by atoms with E-state index in [4.69, 9.17) is 4.74 Å². The molecule has 38 heavy (non-hydrogen) atoms. The molecule has 2 atom stereocenters. The first-order valence-electron chi connectivity index (χ1n) is 12.5. The molecule has 0 aromatic heterocycles. The first-order chi connectivity index (χ1) is 18.3. The van der Waals surface area contributed by atoms with E-state index < -0.39 is 0 Å². The topological polar surface area (TPSA) is 91.0 Å². The SMILES string of the molecule is CN[C@@H](C)C(=O)NC(C)CN(C(=O)CSC)c1ccccc1N(C=O)Cc1c(OC)ccc2ccccc12. The molecule has 202 valence electrons.